The van der Waals surface area contributed by atoms with Gasteiger partial charge in [-0.1, -0.05) is 23.9 Å². The molecular weight excluding hydrogens is 398 g/mol. The number of hydrogen-bond acceptors (Lipinski definition) is 7. The lowest BCUT2D eigenvalue weighted by Gasteiger charge is -2.12. The molecule has 0 spiro atoms. The molecule has 0 radical (unpaired) electrons. The van der Waals surface area contributed by atoms with Gasteiger partial charge in [0.1, 0.15) is 5.82 Å². The molecule has 3 N–H and O–H groups in total. The van der Waals surface area contributed by atoms with Crippen LogP contribution in [0.3, 0.4) is 0 Å². The van der Waals surface area contributed by atoms with Crippen LogP contribution in [-0.2, 0) is 16.1 Å². The Bertz CT molecular complexity index is 1200. The minimum Gasteiger partial charge on any atom is -0.385 e. The molecule has 1 amide bonds. The summed E-state index contributed by atoms with van der Waals surface area (Å²) >= 11 is 1.04. The number of fused-ring (bicyclic) bond motifs is 1. The topological polar surface area (TPSA) is 139 Å². The van der Waals surface area contributed by atoms with E-state index >= 15 is 0 Å². The molecule has 11 heteroatoms. The van der Waals surface area contributed by atoms with Gasteiger partial charge in [0.15, 0.2) is 5.16 Å². The highest BCUT2D eigenvalue weighted by molar-refractivity contribution is 7.99. The van der Waals surface area contributed by atoms with Crippen molar-refractivity contribution in [3.05, 3.63) is 61.5 Å². The van der Waals surface area contributed by atoms with Crippen LogP contribution in [0.5, 0.6) is 0 Å². The van der Waals surface area contributed by atoms with E-state index in [0.29, 0.717) is 29.1 Å². The van der Waals surface area contributed by atoms with Crippen LogP contribution in [0.25, 0.3) is 10.9 Å². The van der Waals surface area contributed by atoms with Gasteiger partial charge in [-0.05, 0) is 18.6 Å². The van der Waals surface area contributed by atoms with Gasteiger partial charge < -0.3 is 15.0 Å². The van der Waals surface area contributed by atoms with Gasteiger partial charge in [-0.15, -0.1) is 0 Å². The summed E-state index contributed by atoms with van der Waals surface area (Å²) in [5.74, 6) is -0.419. The lowest BCUT2D eigenvalue weighted by Crippen LogP contribution is -2.33. The summed E-state index contributed by atoms with van der Waals surface area (Å²) in [5.41, 5.74) is -0.987. The molecule has 0 bridgehead atoms. The van der Waals surface area contributed by atoms with Gasteiger partial charge >= 0.3 is 5.69 Å². The molecule has 0 saturated heterocycles. The predicted octanol–water partition coefficient (Wildman–Crippen LogP) is 0.540. The molecule has 29 heavy (non-hydrogen) atoms. The number of rotatable bonds is 8. The summed E-state index contributed by atoms with van der Waals surface area (Å²) in [6.07, 6.45) is 0.530. The van der Waals surface area contributed by atoms with E-state index in [9.17, 15) is 19.2 Å². The number of aromatic nitrogens is 4. The van der Waals surface area contributed by atoms with Gasteiger partial charge in [0, 0.05) is 26.3 Å². The molecule has 2 aromatic heterocycles. The molecular formula is C18H19N5O5S. The van der Waals surface area contributed by atoms with Gasteiger partial charge in [0.2, 0.25) is 5.91 Å². The number of methoxy groups -OCH3 is 1. The molecule has 0 saturated carbocycles. The Kier molecular flexibility index (Phi) is 6.62. The number of para-hydroxylation sites is 1. The number of amides is 1. The van der Waals surface area contributed by atoms with Crippen LogP contribution in [0.15, 0.2) is 49.9 Å². The Morgan fingerprint density at radius 1 is 1.24 bits per heavy atom. The van der Waals surface area contributed by atoms with E-state index in [1.54, 1.807) is 31.4 Å². The van der Waals surface area contributed by atoms with Crippen molar-refractivity contribution in [3.8, 4) is 0 Å². The average Bonchev–Trinajstić information content (AvgIpc) is 2.68. The molecule has 3 rings (SSSR count). The first-order valence-electron chi connectivity index (χ1n) is 8.73. The molecule has 10 nitrogen and oxygen atoms in total. The van der Waals surface area contributed by atoms with Crippen molar-refractivity contribution in [2.24, 2.45) is 0 Å². The van der Waals surface area contributed by atoms with E-state index in [1.165, 1.54) is 4.57 Å². The molecule has 0 aliphatic heterocycles. The number of carbonyl (C=O) groups is 1. The Labute approximate surface area is 168 Å². The number of aromatic amines is 2. The van der Waals surface area contributed by atoms with Crippen molar-refractivity contribution in [1.29, 1.82) is 0 Å². The fraction of sp³-hybridized carbons (Fsp3) is 0.278. The maximum atomic E-state index is 12.3. The molecule has 3 aromatic rings. The van der Waals surface area contributed by atoms with Crippen molar-refractivity contribution < 1.29 is 9.53 Å². The SMILES string of the molecule is COCCCn1c(NC(=O)CSc2nc3ccccc3c(=O)[nH]2)cc(=O)[nH]c1=O. The standard InChI is InChI=1S/C18H19N5O5S/c1-28-8-4-7-23-13(9-14(24)21-18(23)27)20-15(25)10-29-17-19-12-6-3-2-5-11(12)16(26)22-17/h2-3,5-6,9H,4,7-8,10H2,1H3,(H,20,25)(H,19,22,26)(H,21,24,27). The van der Waals surface area contributed by atoms with Crippen LogP contribution >= 0.6 is 11.8 Å². The summed E-state index contributed by atoms with van der Waals surface area (Å²) in [5, 5.41) is 3.32. The number of H-pyrrole nitrogens is 2. The van der Waals surface area contributed by atoms with Crippen molar-refractivity contribution in [1.82, 2.24) is 19.5 Å². The van der Waals surface area contributed by atoms with Crippen molar-refractivity contribution in [3.63, 3.8) is 0 Å². The predicted molar refractivity (Wildman–Crippen MR) is 110 cm³/mol. The van der Waals surface area contributed by atoms with Crippen LogP contribution < -0.4 is 22.1 Å². The molecule has 0 aliphatic rings. The smallest absolute Gasteiger partial charge is 0.329 e. The third kappa shape index (κ3) is 5.21. The Morgan fingerprint density at radius 3 is 2.83 bits per heavy atom. The second-order valence-electron chi connectivity index (χ2n) is 6.05. The number of thioether (sulfide) groups is 1. The molecule has 0 fully saturated rings. The second kappa shape index (κ2) is 9.34. The molecule has 0 atom stereocenters. The third-order valence-corrected chi connectivity index (χ3v) is 4.84. The highest BCUT2D eigenvalue weighted by Crippen LogP contribution is 2.15. The van der Waals surface area contributed by atoms with Gasteiger partial charge in [-0.3, -0.25) is 23.9 Å². The highest BCUT2D eigenvalue weighted by Gasteiger charge is 2.12. The molecule has 1 aromatic carbocycles. The zero-order chi connectivity index (χ0) is 20.8. The summed E-state index contributed by atoms with van der Waals surface area (Å²) in [4.78, 5) is 57.2. The summed E-state index contributed by atoms with van der Waals surface area (Å²) in [7, 11) is 1.54. The first kappa shape index (κ1) is 20.6. The zero-order valence-electron chi connectivity index (χ0n) is 15.6. The number of carbonyl (C=O) groups excluding carboxylic acids is 1. The number of anilines is 1. The average molecular weight is 417 g/mol. The quantitative estimate of drug-likeness (QED) is 0.276. The molecule has 0 aliphatic carbocycles. The molecule has 152 valence electrons. The van der Waals surface area contributed by atoms with E-state index in [1.807, 2.05) is 0 Å². The van der Waals surface area contributed by atoms with Crippen molar-refractivity contribution >= 4 is 34.4 Å². The summed E-state index contributed by atoms with van der Waals surface area (Å²) in [6, 6.07) is 8.04. The maximum absolute atomic E-state index is 12.3. The zero-order valence-corrected chi connectivity index (χ0v) is 16.4. The first-order chi connectivity index (χ1) is 14.0. The van der Waals surface area contributed by atoms with Crippen molar-refractivity contribution in [2.45, 2.75) is 18.1 Å². The number of nitrogens with one attached hydrogen (secondary N) is 3. The number of benzene rings is 1. The van der Waals surface area contributed by atoms with Crippen LogP contribution in [0, 0.1) is 0 Å². The minimum atomic E-state index is -0.614. The first-order valence-corrected chi connectivity index (χ1v) is 9.71. The van der Waals surface area contributed by atoms with E-state index in [0.717, 1.165) is 17.8 Å². The molecule has 0 unspecified atom stereocenters. The van der Waals surface area contributed by atoms with Crippen LogP contribution in [0.4, 0.5) is 5.82 Å². The van der Waals surface area contributed by atoms with Gasteiger partial charge in [0.05, 0.1) is 16.7 Å². The van der Waals surface area contributed by atoms with Crippen molar-refractivity contribution in [2.75, 3.05) is 24.8 Å². The second-order valence-corrected chi connectivity index (χ2v) is 7.01. The third-order valence-electron chi connectivity index (χ3n) is 3.96. The maximum Gasteiger partial charge on any atom is 0.329 e. The minimum absolute atomic E-state index is 0.0691. The summed E-state index contributed by atoms with van der Waals surface area (Å²) in [6.45, 7) is 0.696. The normalized spacial score (nSPS) is 10.9. The Hall–Kier alpha value is -3.18. The lowest BCUT2D eigenvalue weighted by molar-refractivity contribution is -0.113. The molecule has 2 heterocycles. The van der Waals surface area contributed by atoms with E-state index in [2.05, 4.69) is 20.3 Å². The van der Waals surface area contributed by atoms with E-state index in [-0.39, 0.29) is 23.7 Å². The Balaban J connectivity index is 1.72. The van der Waals surface area contributed by atoms with Crippen LogP contribution in [0.2, 0.25) is 0 Å². The number of nitrogens with zero attached hydrogens (tertiary/aromatic N) is 2. The van der Waals surface area contributed by atoms with E-state index in [4.69, 9.17) is 4.74 Å². The lowest BCUT2D eigenvalue weighted by atomic mass is 10.2. The largest absolute Gasteiger partial charge is 0.385 e. The van der Waals surface area contributed by atoms with Gasteiger partial charge in [-0.2, -0.15) is 0 Å². The van der Waals surface area contributed by atoms with Gasteiger partial charge in [-0.25, -0.2) is 9.78 Å². The fourth-order valence-electron chi connectivity index (χ4n) is 2.66. The number of hydrogen-bond donors (Lipinski definition) is 3. The monoisotopic (exact) mass is 417 g/mol. The van der Waals surface area contributed by atoms with E-state index < -0.39 is 17.2 Å². The summed E-state index contributed by atoms with van der Waals surface area (Å²) < 4.78 is 6.22. The van der Waals surface area contributed by atoms with Crippen LogP contribution in [0.1, 0.15) is 6.42 Å². The number of ether oxygens (including phenoxy) is 1. The highest BCUT2D eigenvalue weighted by atomic mass is 32.2. The fourth-order valence-corrected chi connectivity index (χ4v) is 3.33. The Morgan fingerprint density at radius 2 is 2.03 bits per heavy atom. The van der Waals surface area contributed by atoms with Crippen LogP contribution in [-0.4, -0.2) is 44.9 Å². The van der Waals surface area contributed by atoms with Gasteiger partial charge in [0.25, 0.3) is 11.1 Å².